The highest BCUT2D eigenvalue weighted by Gasteiger charge is 2.26. The second-order valence-corrected chi connectivity index (χ2v) is 3.91. The minimum Gasteiger partial charge on any atom is -0.478 e. The number of carboxylic acids is 1. The molecule has 0 aromatic heterocycles. The van der Waals surface area contributed by atoms with Crippen molar-refractivity contribution < 1.29 is 27.9 Å². The first kappa shape index (κ1) is 15.7. The van der Waals surface area contributed by atoms with Gasteiger partial charge < -0.3 is 10.4 Å². The van der Waals surface area contributed by atoms with Crippen molar-refractivity contribution in [3.63, 3.8) is 0 Å². The van der Waals surface area contributed by atoms with Crippen LogP contribution in [0.4, 0.5) is 13.2 Å². The summed E-state index contributed by atoms with van der Waals surface area (Å²) in [4.78, 5) is 21.8. The van der Waals surface area contributed by atoms with E-state index >= 15 is 0 Å². The maximum absolute atomic E-state index is 11.9. The molecule has 1 amide bonds. The highest BCUT2D eigenvalue weighted by molar-refractivity contribution is 5.94. The van der Waals surface area contributed by atoms with Gasteiger partial charge in [-0.3, -0.25) is 4.79 Å². The summed E-state index contributed by atoms with van der Waals surface area (Å²) >= 11 is 0. The molecule has 0 radical (unpaired) electrons. The Hall–Kier alpha value is -2.31. The van der Waals surface area contributed by atoms with E-state index in [9.17, 15) is 22.8 Å². The molecule has 0 fully saturated rings. The molecule has 20 heavy (non-hydrogen) atoms. The quantitative estimate of drug-likeness (QED) is 0.818. The third-order valence-corrected chi connectivity index (χ3v) is 2.29. The van der Waals surface area contributed by atoms with Gasteiger partial charge in [0.15, 0.2) is 0 Å². The predicted molar refractivity (Wildman–Crippen MR) is 66.1 cm³/mol. The fourth-order valence-corrected chi connectivity index (χ4v) is 1.33. The van der Waals surface area contributed by atoms with Gasteiger partial charge in [-0.25, -0.2) is 4.79 Å². The molecule has 0 unspecified atom stereocenters. The van der Waals surface area contributed by atoms with E-state index in [2.05, 4.69) is 5.32 Å². The molecule has 1 aromatic carbocycles. The standard InChI is InChI=1S/C13H12F3NO3/c14-13(15,16)7-8-17-12(20)10-4-1-9(2-5-10)3-6-11(18)19/h1-6H,7-8H2,(H,17,20)(H,18,19). The summed E-state index contributed by atoms with van der Waals surface area (Å²) in [6.45, 7) is -0.483. The van der Waals surface area contributed by atoms with E-state index < -0.39 is 31.0 Å². The van der Waals surface area contributed by atoms with Crippen LogP contribution in [-0.2, 0) is 4.79 Å². The number of aliphatic carboxylic acids is 1. The van der Waals surface area contributed by atoms with E-state index in [0.717, 1.165) is 6.08 Å². The van der Waals surface area contributed by atoms with Crippen molar-refractivity contribution in [1.29, 1.82) is 0 Å². The van der Waals surface area contributed by atoms with Crippen LogP contribution in [0.3, 0.4) is 0 Å². The van der Waals surface area contributed by atoms with Crippen LogP contribution < -0.4 is 5.32 Å². The molecule has 0 saturated carbocycles. The summed E-state index contributed by atoms with van der Waals surface area (Å²) in [5.74, 6) is -1.71. The molecule has 0 aliphatic heterocycles. The first-order chi connectivity index (χ1) is 9.28. The SMILES string of the molecule is O=C(O)C=Cc1ccc(C(=O)NCCC(F)(F)F)cc1. The van der Waals surface area contributed by atoms with Crippen molar-refractivity contribution >= 4 is 18.0 Å². The number of halogens is 3. The van der Waals surface area contributed by atoms with Gasteiger partial charge >= 0.3 is 12.1 Å². The molecule has 4 nitrogen and oxygen atoms in total. The number of alkyl halides is 3. The monoisotopic (exact) mass is 287 g/mol. The van der Waals surface area contributed by atoms with Crippen molar-refractivity contribution in [2.24, 2.45) is 0 Å². The van der Waals surface area contributed by atoms with Gasteiger partial charge in [0.1, 0.15) is 0 Å². The first-order valence-corrected chi connectivity index (χ1v) is 5.64. The molecule has 0 heterocycles. The van der Waals surface area contributed by atoms with Gasteiger partial charge in [-0.2, -0.15) is 13.2 Å². The number of carbonyl (C=O) groups excluding carboxylic acids is 1. The van der Waals surface area contributed by atoms with Crippen LogP contribution >= 0.6 is 0 Å². The van der Waals surface area contributed by atoms with Gasteiger partial charge in [0.05, 0.1) is 6.42 Å². The third kappa shape index (κ3) is 6.03. The van der Waals surface area contributed by atoms with Crippen LogP contribution in [0.2, 0.25) is 0 Å². The Labute approximate surface area is 112 Å². The number of carboxylic acid groups (broad SMARTS) is 1. The van der Waals surface area contributed by atoms with E-state index in [1.54, 1.807) is 0 Å². The second kappa shape index (κ2) is 6.74. The van der Waals surface area contributed by atoms with Crippen LogP contribution in [0.5, 0.6) is 0 Å². The van der Waals surface area contributed by atoms with Crippen LogP contribution in [0, 0.1) is 0 Å². The summed E-state index contributed by atoms with van der Waals surface area (Å²) in [5, 5.41) is 10.6. The fraction of sp³-hybridized carbons (Fsp3) is 0.231. The second-order valence-electron chi connectivity index (χ2n) is 3.91. The lowest BCUT2D eigenvalue weighted by molar-refractivity contribution is -0.133. The molecule has 0 spiro atoms. The van der Waals surface area contributed by atoms with Crippen molar-refractivity contribution in [2.75, 3.05) is 6.54 Å². The van der Waals surface area contributed by atoms with E-state index in [4.69, 9.17) is 5.11 Å². The number of benzene rings is 1. The molecule has 2 N–H and O–H groups in total. The molecule has 0 saturated heterocycles. The van der Waals surface area contributed by atoms with Gasteiger partial charge in [-0.1, -0.05) is 12.1 Å². The van der Waals surface area contributed by atoms with E-state index in [-0.39, 0.29) is 5.56 Å². The number of rotatable bonds is 5. The Morgan fingerprint density at radius 2 is 1.80 bits per heavy atom. The van der Waals surface area contributed by atoms with Gasteiger partial charge in [-0.05, 0) is 23.8 Å². The lowest BCUT2D eigenvalue weighted by atomic mass is 10.1. The van der Waals surface area contributed by atoms with Crippen LogP contribution in [0.15, 0.2) is 30.3 Å². The van der Waals surface area contributed by atoms with Gasteiger partial charge in [0, 0.05) is 18.2 Å². The van der Waals surface area contributed by atoms with Crippen molar-refractivity contribution in [3.05, 3.63) is 41.5 Å². The summed E-state index contributed by atoms with van der Waals surface area (Å²) < 4.78 is 35.7. The zero-order valence-corrected chi connectivity index (χ0v) is 10.3. The molecule has 0 atom stereocenters. The average Bonchev–Trinajstić information content (AvgIpc) is 2.35. The molecule has 108 valence electrons. The first-order valence-electron chi connectivity index (χ1n) is 5.64. The van der Waals surface area contributed by atoms with Crippen LogP contribution in [-0.4, -0.2) is 29.7 Å². The van der Waals surface area contributed by atoms with E-state index in [1.807, 2.05) is 0 Å². The highest BCUT2D eigenvalue weighted by atomic mass is 19.4. The van der Waals surface area contributed by atoms with Gasteiger partial charge in [0.2, 0.25) is 0 Å². The minimum absolute atomic E-state index is 0.208. The molecule has 7 heteroatoms. The number of amides is 1. The van der Waals surface area contributed by atoms with Gasteiger partial charge in [0.25, 0.3) is 5.91 Å². The fourth-order valence-electron chi connectivity index (χ4n) is 1.33. The summed E-state index contributed by atoms with van der Waals surface area (Å²) in [6, 6.07) is 5.81. The number of hydrogen-bond acceptors (Lipinski definition) is 2. The maximum atomic E-state index is 11.9. The van der Waals surface area contributed by atoms with Crippen LogP contribution in [0.1, 0.15) is 22.3 Å². The van der Waals surface area contributed by atoms with E-state index in [0.29, 0.717) is 5.56 Å². The topological polar surface area (TPSA) is 66.4 Å². The Kier molecular flexibility index (Phi) is 5.31. The van der Waals surface area contributed by atoms with Crippen molar-refractivity contribution in [3.8, 4) is 0 Å². The lowest BCUT2D eigenvalue weighted by Gasteiger charge is -2.08. The Morgan fingerprint density at radius 1 is 1.20 bits per heavy atom. The maximum Gasteiger partial charge on any atom is 0.390 e. The third-order valence-electron chi connectivity index (χ3n) is 2.29. The minimum atomic E-state index is -4.31. The summed E-state index contributed by atoms with van der Waals surface area (Å²) in [6.07, 6.45) is -3.11. The number of nitrogens with one attached hydrogen (secondary N) is 1. The molecular formula is C13H12F3NO3. The average molecular weight is 287 g/mol. The molecule has 1 rings (SSSR count). The van der Waals surface area contributed by atoms with Gasteiger partial charge in [-0.15, -0.1) is 0 Å². The number of carbonyl (C=O) groups is 2. The van der Waals surface area contributed by atoms with Crippen molar-refractivity contribution in [2.45, 2.75) is 12.6 Å². The normalized spacial score (nSPS) is 11.6. The van der Waals surface area contributed by atoms with Crippen molar-refractivity contribution in [1.82, 2.24) is 5.32 Å². The molecular weight excluding hydrogens is 275 g/mol. The Balaban J connectivity index is 2.55. The summed E-state index contributed by atoms with van der Waals surface area (Å²) in [7, 11) is 0. The molecule has 0 aliphatic rings. The smallest absolute Gasteiger partial charge is 0.390 e. The zero-order valence-electron chi connectivity index (χ0n) is 10.3. The summed E-state index contributed by atoms with van der Waals surface area (Å²) in [5.41, 5.74) is 0.777. The molecule has 0 aliphatic carbocycles. The number of hydrogen-bond donors (Lipinski definition) is 2. The largest absolute Gasteiger partial charge is 0.478 e. The Morgan fingerprint density at radius 3 is 2.30 bits per heavy atom. The zero-order chi connectivity index (χ0) is 15.2. The Bertz CT molecular complexity index is 507. The molecule has 1 aromatic rings. The van der Waals surface area contributed by atoms with E-state index in [1.165, 1.54) is 30.3 Å². The predicted octanol–water partition coefficient (Wildman–Crippen LogP) is 2.47. The molecule has 0 bridgehead atoms. The lowest BCUT2D eigenvalue weighted by Crippen LogP contribution is -2.27. The highest BCUT2D eigenvalue weighted by Crippen LogP contribution is 2.18. The van der Waals surface area contributed by atoms with Crippen LogP contribution in [0.25, 0.3) is 6.08 Å².